The van der Waals surface area contributed by atoms with E-state index in [0.29, 0.717) is 16.7 Å². The fourth-order valence-electron chi connectivity index (χ4n) is 2.34. The number of esters is 1. The number of hydrogen-bond donors (Lipinski definition) is 1. The normalized spacial score (nSPS) is 19.3. The van der Waals surface area contributed by atoms with Crippen LogP contribution in [-0.4, -0.2) is 35.6 Å². The Hall–Kier alpha value is -1.37. The van der Waals surface area contributed by atoms with Crippen LogP contribution in [0.2, 0.25) is 0 Å². The van der Waals surface area contributed by atoms with E-state index in [-0.39, 0.29) is 17.6 Å². The number of ether oxygens (including phenoxy) is 1. The number of hydrogen-bond acceptors (Lipinski definition) is 5. The summed E-state index contributed by atoms with van der Waals surface area (Å²) in [5.41, 5.74) is -0.215. The van der Waals surface area contributed by atoms with Crippen LogP contribution >= 0.6 is 15.9 Å². The molecule has 1 aromatic rings. The Bertz CT molecular complexity index is 517. The summed E-state index contributed by atoms with van der Waals surface area (Å²) in [6.45, 7) is 0.788. The summed E-state index contributed by atoms with van der Waals surface area (Å²) in [6, 6.07) is 0.0341. The van der Waals surface area contributed by atoms with Gasteiger partial charge in [0.15, 0.2) is 5.82 Å². The quantitative estimate of drug-likeness (QED) is 0.849. The third kappa shape index (κ3) is 3.15. The molecule has 0 aromatic carbocycles. The molecule has 0 aliphatic carbocycles. The van der Waals surface area contributed by atoms with Gasteiger partial charge in [0, 0.05) is 12.6 Å². The van der Waals surface area contributed by atoms with Crippen molar-refractivity contribution in [1.29, 1.82) is 0 Å². The lowest BCUT2D eigenvalue weighted by atomic mass is 9.99. The van der Waals surface area contributed by atoms with Crippen molar-refractivity contribution in [3.63, 3.8) is 0 Å². The van der Waals surface area contributed by atoms with E-state index in [0.717, 1.165) is 25.8 Å². The number of carbonyl (C=O) groups excluding carboxylic acids is 1. The van der Waals surface area contributed by atoms with Gasteiger partial charge in [-0.2, -0.15) is 0 Å². The minimum absolute atomic E-state index is 0.0341. The molecule has 0 amide bonds. The van der Waals surface area contributed by atoms with E-state index in [9.17, 15) is 9.59 Å². The highest BCUT2D eigenvalue weighted by Gasteiger charge is 2.28. The summed E-state index contributed by atoms with van der Waals surface area (Å²) in [5.74, 6) is 0.357. The van der Waals surface area contributed by atoms with Crippen molar-refractivity contribution in [3.8, 4) is 0 Å². The second-order valence-corrected chi connectivity index (χ2v) is 5.29. The molecule has 1 aromatic heterocycles. The fourth-order valence-corrected chi connectivity index (χ4v) is 2.79. The monoisotopic (exact) mass is 329 g/mol. The Labute approximate surface area is 119 Å². The van der Waals surface area contributed by atoms with Crippen molar-refractivity contribution >= 4 is 27.7 Å². The molecular formula is C12H16BrN3O3. The van der Waals surface area contributed by atoms with Gasteiger partial charge in [-0.25, -0.2) is 4.98 Å². The molecule has 0 bridgehead atoms. The van der Waals surface area contributed by atoms with Gasteiger partial charge in [-0.05, 0) is 35.2 Å². The number of rotatable bonds is 3. The van der Waals surface area contributed by atoms with Gasteiger partial charge < -0.3 is 14.6 Å². The third-order valence-corrected chi connectivity index (χ3v) is 4.02. The van der Waals surface area contributed by atoms with Gasteiger partial charge >= 0.3 is 5.97 Å². The van der Waals surface area contributed by atoms with Crippen molar-refractivity contribution in [1.82, 2.24) is 9.97 Å². The van der Waals surface area contributed by atoms with Gasteiger partial charge in [0.2, 0.25) is 0 Å². The first kappa shape index (κ1) is 14.0. The molecule has 6 nitrogen and oxygen atoms in total. The van der Waals surface area contributed by atoms with E-state index in [1.807, 2.05) is 4.90 Å². The van der Waals surface area contributed by atoms with Crippen molar-refractivity contribution < 1.29 is 9.53 Å². The standard InChI is InChI=1S/C12H16BrN3O3/c1-19-9(17)6-8-4-2-3-5-16(8)11-10(13)12(18)15-7-14-11/h7-8H,2-6H2,1H3,(H,14,15,18). The van der Waals surface area contributed by atoms with Crippen molar-refractivity contribution in [2.24, 2.45) is 0 Å². The Morgan fingerprint density at radius 3 is 3.16 bits per heavy atom. The Morgan fingerprint density at radius 1 is 1.63 bits per heavy atom. The van der Waals surface area contributed by atoms with Crippen molar-refractivity contribution in [2.75, 3.05) is 18.6 Å². The van der Waals surface area contributed by atoms with Gasteiger partial charge in [-0.15, -0.1) is 0 Å². The zero-order valence-electron chi connectivity index (χ0n) is 10.7. The van der Waals surface area contributed by atoms with Crippen LogP contribution in [0.5, 0.6) is 0 Å². The molecule has 2 rings (SSSR count). The molecule has 19 heavy (non-hydrogen) atoms. The fraction of sp³-hybridized carbons (Fsp3) is 0.583. The third-order valence-electron chi connectivity index (χ3n) is 3.31. The minimum atomic E-state index is -0.238. The molecule has 1 atom stereocenters. The molecule has 2 heterocycles. The highest BCUT2D eigenvalue weighted by Crippen LogP contribution is 2.28. The molecule has 1 unspecified atom stereocenters. The Morgan fingerprint density at radius 2 is 2.42 bits per heavy atom. The van der Waals surface area contributed by atoms with Gasteiger partial charge in [0.1, 0.15) is 4.47 Å². The number of aromatic amines is 1. The summed E-state index contributed by atoms with van der Waals surface area (Å²) in [4.78, 5) is 31.8. The second-order valence-electron chi connectivity index (χ2n) is 4.49. The zero-order valence-corrected chi connectivity index (χ0v) is 12.3. The lowest BCUT2D eigenvalue weighted by Crippen LogP contribution is -2.42. The highest BCUT2D eigenvalue weighted by atomic mass is 79.9. The summed E-state index contributed by atoms with van der Waals surface area (Å²) in [7, 11) is 1.39. The van der Waals surface area contributed by atoms with E-state index in [1.165, 1.54) is 13.4 Å². The maximum absolute atomic E-state index is 11.6. The molecule has 0 spiro atoms. The van der Waals surface area contributed by atoms with E-state index >= 15 is 0 Å². The molecule has 0 radical (unpaired) electrons. The predicted octanol–water partition coefficient (Wildman–Crippen LogP) is 1.45. The molecule has 1 fully saturated rings. The molecule has 1 aliphatic rings. The maximum Gasteiger partial charge on any atom is 0.307 e. The summed E-state index contributed by atoms with van der Waals surface area (Å²) in [6.07, 6.45) is 4.69. The van der Waals surface area contributed by atoms with Gasteiger partial charge in [-0.1, -0.05) is 0 Å². The summed E-state index contributed by atoms with van der Waals surface area (Å²) in [5, 5.41) is 0. The van der Waals surface area contributed by atoms with E-state index in [4.69, 9.17) is 4.74 Å². The largest absolute Gasteiger partial charge is 0.469 e. The average molecular weight is 330 g/mol. The van der Waals surface area contributed by atoms with Gasteiger partial charge in [-0.3, -0.25) is 9.59 Å². The SMILES string of the molecule is COC(=O)CC1CCCCN1c1nc[nH]c(=O)c1Br. The first-order chi connectivity index (χ1) is 9.13. The number of nitrogens with zero attached hydrogens (tertiary/aromatic N) is 2. The molecule has 104 valence electrons. The lowest BCUT2D eigenvalue weighted by Gasteiger charge is -2.36. The Balaban J connectivity index is 2.26. The first-order valence-electron chi connectivity index (χ1n) is 6.20. The number of carbonyl (C=O) groups is 1. The maximum atomic E-state index is 11.6. The number of piperidine rings is 1. The van der Waals surface area contributed by atoms with E-state index in [2.05, 4.69) is 25.9 Å². The van der Waals surface area contributed by atoms with Crippen LogP contribution in [0.25, 0.3) is 0 Å². The smallest absolute Gasteiger partial charge is 0.307 e. The van der Waals surface area contributed by atoms with Crippen LogP contribution < -0.4 is 10.5 Å². The first-order valence-corrected chi connectivity index (χ1v) is 6.99. The van der Waals surface area contributed by atoms with Crippen LogP contribution in [0.4, 0.5) is 5.82 Å². The Kier molecular flexibility index (Phi) is 4.57. The molecule has 1 N–H and O–H groups in total. The number of anilines is 1. The number of nitrogens with one attached hydrogen (secondary N) is 1. The van der Waals surface area contributed by atoms with Crippen LogP contribution in [0, 0.1) is 0 Å². The molecule has 1 aliphatic heterocycles. The van der Waals surface area contributed by atoms with E-state index in [1.54, 1.807) is 0 Å². The molecular weight excluding hydrogens is 314 g/mol. The van der Waals surface area contributed by atoms with Crippen LogP contribution in [-0.2, 0) is 9.53 Å². The van der Waals surface area contributed by atoms with Crippen LogP contribution in [0.15, 0.2) is 15.6 Å². The van der Waals surface area contributed by atoms with E-state index < -0.39 is 0 Å². The van der Waals surface area contributed by atoms with Crippen molar-refractivity contribution in [3.05, 3.63) is 21.2 Å². The average Bonchev–Trinajstić information content (AvgIpc) is 2.42. The molecule has 1 saturated heterocycles. The lowest BCUT2D eigenvalue weighted by molar-refractivity contribution is -0.141. The minimum Gasteiger partial charge on any atom is -0.469 e. The number of aromatic nitrogens is 2. The second kappa shape index (κ2) is 6.18. The summed E-state index contributed by atoms with van der Waals surface area (Å²) >= 11 is 3.26. The predicted molar refractivity (Wildman–Crippen MR) is 74.2 cm³/mol. The molecule has 7 heteroatoms. The highest BCUT2D eigenvalue weighted by molar-refractivity contribution is 9.10. The van der Waals surface area contributed by atoms with Gasteiger partial charge in [0.25, 0.3) is 5.56 Å². The number of halogens is 1. The topological polar surface area (TPSA) is 75.3 Å². The van der Waals surface area contributed by atoms with Crippen LogP contribution in [0.3, 0.4) is 0 Å². The molecule has 0 saturated carbocycles. The van der Waals surface area contributed by atoms with Gasteiger partial charge in [0.05, 0.1) is 19.9 Å². The zero-order chi connectivity index (χ0) is 13.8. The summed E-state index contributed by atoms with van der Waals surface area (Å²) < 4.78 is 5.13. The number of methoxy groups -OCH3 is 1. The van der Waals surface area contributed by atoms with Crippen LogP contribution in [0.1, 0.15) is 25.7 Å². The number of H-pyrrole nitrogens is 1. The van der Waals surface area contributed by atoms with Crippen molar-refractivity contribution in [2.45, 2.75) is 31.7 Å².